The van der Waals surface area contributed by atoms with E-state index < -0.39 is 0 Å². The molecule has 0 atom stereocenters. The number of hydrogen-bond donors (Lipinski definition) is 0. The first-order valence-electron chi connectivity index (χ1n) is 19.9. The van der Waals surface area contributed by atoms with Gasteiger partial charge in [-0.05, 0) is 103 Å². The highest BCUT2D eigenvalue weighted by Gasteiger charge is 2.21. The lowest BCUT2D eigenvalue weighted by atomic mass is 10.1. The predicted octanol–water partition coefficient (Wildman–Crippen LogP) is 14.4. The second kappa shape index (κ2) is 12.9. The van der Waals surface area contributed by atoms with E-state index in [9.17, 15) is 0 Å². The summed E-state index contributed by atoms with van der Waals surface area (Å²) in [6, 6.07) is 79.0. The molecule has 12 aromatic rings. The number of anilines is 3. The van der Waals surface area contributed by atoms with Crippen molar-refractivity contribution >= 4 is 82.5 Å². The SMILES string of the molecule is c1ccc(N(c2ccccc2)c2ccc3c(c2)c2ccccc2n3-c2ccc3c(c2)c2ccccc2n3-c2cccc3c2c2ccccc2n3-c2ccccc2)cc1. The first-order chi connectivity index (χ1) is 28.8. The Bertz CT molecular complexity index is 3460. The molecule has 12 rings (SSSR count). The predicted molar refractivity (Wildman–Crippen MR) is 244 cm³/mol. The molecule has 0 aliphatic rings. The molecule has 0 radical (unpaired) electrons. The van der Waals surface area contributed by atoms with Crippen LogP contribution in [0, 0.1) is 0 Å². The van der Waals surface area contributed by atoms with Crippen molar-refractivity contribution in [1.82, 2.24) is 13.7 Å². The Balaban J connectivity index is 1.08. The Morgan fingerprint density at radius 2 is 0.724 bits per heavy atom. The van der Waals surface area contributed by atoms with Gasteiger partial charge in [0, 0.05) is 60.8 Å². The zero-order valence-electron chi connectivity index (χ0n) is 31.6. The minimum atomic E-state index is 1.12. The van der Waals surface area contributed by atoms with Crippen molar-refractivity contribution in [3.63, 3.8) is 0 Å². The highest BCUT2D eigenvalue weighted by Crippen LogP contribution is 2.43. The Labute approximate surface area is 335 Å². The summed E-state index contributed by atoms with van der Waals surface area (Å²) in [5, 5.41) is 7.37. The molecular weight excluding hydrogens is 705 g/mol. The van der Waals surface area contributed by atoms with Crippen molar-refractivity contribution < 1.29 is 0 Å². The molecule has 4 nitrogen and oxygen atoms in total. The number of hydrogen-bond acceptors (Lipinski definition) is 1. The van der Waals surface area contributed by atoms with Crippen molar-refractivity contribution in [3.8, 4) is 17.1 Å². The zero-order valence-corrected chi connectivity index (χ0v) is 31.6. The van der Waals surface area contributed by atoms with Crippen LogP contribution in [0.1, 0.15) is 0 Å². The average Bonchev–Trinajstić information content (AvgIpc) is 3.93. The zero-order chi connectivity index (χ0) is 38.2. The molecule has 0 bridgehead atoms. The minimum absolute atomic E-state index is 1.12. The van der Waals surface area contributed by atoms with E-state index in [0.717, 1.165) is 28.4 Å². The first kappa shape index (κ1) is 32.4. The average molecular weight is 741 g/mol. The molecule has 4 heteroatoms. The van der Waals surface area contributed by atoms with Gasteiger partial charge in [0.05, 0.1) is 38.8 Å². The third-order valence-corrected chi connectivity index (χ3v) is 11.8. The number of rotatable bonds is 6. The third-order valence-electron chi connectivity index (χ3n) is 11.8. The fourth-order valence-electron chi connectivity index (χ4n) is 9.38. The van der Waals surface area contributed by atoms with E-state index in [4.69, 9.17) is 0 Å². The van der Waals surface area contributed by atoms with Crippen LogP contribution in [0.25, 0.3) is 82.5 Å². The third kappa shape index (κ3) is 4.82. The highest BCUT2D eigenvalue weighted by molar-refractivity contribution is 6.17. The van der Waals surface area contributed by atoms with Gasteiger partial charge >= 0.3 is 0 Å². The van der Waals surface area contributed by atoms with Crippen LogP contribution in [0.4, 0.5) is 17.1 Å². The maximum absolute atomic E-state index is 2.47. The van der Waals surface area contributed by atoms with Crippen molar-refractivity contribution in [3.05, 3.63) is 218 Å². The molecule has 0 unspecified atom stereocenters. The second-order valence-corrected chi connectivity index (χ2v) is 15.0. The maximum Gasteiger partial charge on any atom is 0.0562 e. The molecule has 0 aliphatic carbocycles. The summed E-state index contributed by atoms with van der Waals surface area (Å²) >= 11 is 0. The Hall–Kier alpha value is -7.82. The fourth-order valence-corrected chi connectivity index (χ4v) is 9.38. The number of fused-ring (bicyclic) bond motifs is 9. The first-order valence-corrected chi connectivity index (χ1v) is 19.9. The van der Waals surface area contributed by atoms with Gasteiger partial charge in [0.1, 0.15) is 0 Å². The summed E-state index contributed by atoms with van der Waals surface area (Å²) in [4.78, 5) is 2.34. The summed E-state index contributed by atoms with van der Waals surface area (Å²) in [6.45, 7) is 0. The quantitative estimate of drug-likeness (QED) is 0.166. The van der Waals surface area contributed by atoms with Crippen LogP contribution in [-0.4, -0.2) is 13.7 Å². The van der Waals surface area contributed by atoms with E-state index in [1.807, 2.05) is 0 Å². The standard InChI is InChI=1S/C54H36N4/c1-4-17-37(18-5-1)55(38-19-6-2-7-20-38)40-31-33-50-45(35-40)42-23-10-13-26-47(42)57(50)41-32-34-51-46(36-41)43-24-11-14-27-48(43)58(51)53-30-16-29-52-54(53)44-25-12-15-28-49(44)56(52)39-21-8-3-9-22-39/h1-36H. The van der Waals surface area contributed by atoms with Gasteiger partial charge in [0.2, 0.25) is 0 Å². The van der Waals surface area contributed by atoms with Crippen molar-refractivity contribution in [2.24, 2.45) is 0 Å². The summed E-state index contributed by atoms with van der Waals surface area (Å²) in [5.74, 6) is 0. The number of para-hydroxylation sites is 6. The molecule has 0 aliphatic heterocycles. The lowest BCUT2D eigenvalue weighted by Gasteiger charge is -2.25. The molecule has 3 aromatic heterocycles. The topological polar surface area (TPSA) is 18.0 Å². The van der Waals surface area contributed by atoms with Crippen molar-refractivity contribution in [2.45, 2.75) is 0 Å². The summed E-state index contributed by atoms with van der Waals surface area (Å²) in [7, 11) is 0. The monoisotopic (exact) mass is 740 g/mol. The second-order valence-electron chi connectivity index (χ2n) is 15.0. The summed E-state index contributed by atoms with van der Waals surface area (Å²) in [5.41, 5.74) is 13.9. The van der Waals surface area contributed by atoms with E-state index in [2.05, 4.69) is 237 Å². The molecular formula is C54H36N4. The Morgan fingerprint density at radius 3 is 1.40 bits per heavy atom. The molecule has 272 valence electrons. The van der Waals surface area contributed by atoms with E-state index in [1.54, 1.807) is 0 Å². The molecule has 3 heterocycles. The van der Waals surface area contributed by atoms with E-state index in [1.165, 1.54) is 71.1 Å². The number of aromatic nitrogens is 3. The van der Waals surface area contributed by atoms with Gasteiger partial charge in [0.25, 0.3) is 0 Å². The number of benzene rings is 9. The lowest BCUT2D eigenvalue weighted by molar-refractivity contribution is 1.16. The lowest BCUT2D eigenvalue weighted by Crippen LogP contribution is -2.09. The largest absolute Gasteiger partial charge is 0.310 e. The molecule has 0 spiro atoms. The van der Waals surface area contributed by atoms with Gasteiger partial charge in [-0.2, -0.15) is 0 Å². The molecule has 0 saturated carbocycles. The van der Waals surface area contributed by atoms with Gasteiger partial charge in [-0.1, -0.05) is 115 Å². The van der Waals surface area contributed by atoms with Gasteiger partial charge in [-0.15, -0.1) is 0 Å². The van der Waals surface area contributed by atoms with Crippen molar-refractivity contribution in [2.75, 3.05) is 4.90 Å². The maximum atomic E-state index is 2.47. The molecule has 9 aromatic carbocycles. The smallest absolute Gasteiger partial charge is 0.0562 e. The van der Waals surface area contributed by atoms with Crippen LogP contribution >= 0.6 is 0 Å². The summed E-state index contributed by atoms with van der Waals surface area (Å²) in [6.07, 6.45) is 0. The molecule has 0 N–H and O–H groups in total. The van der Waals surface area contributed by atoms with Gasteiger partial charge in [0.15, 0.2) is 0 Å². The van der Waals surface area contributed by atoms with E-state index >= 15 is 0 Å². The normalized spacial score (nSPS) is 11.8. The van der Waals surface area contributed by atoms with Gasteiger partial charge < -0.3 is 18.6 Å². The van der Waals surface area contributed by atoms with Crippen LogP contribution in [0.2, 0.25) is 0 Å². The van der Waals surface area contributed by atoms with Crippen molar-refractivity contribution in [1.29, 1.82) is 0 Å². The Kier molecular flexibility index (Phi) is 7.20. The van der Waals surface area contributed by atoms with Crippen LogP contribution in [0.5, 0.6) is 0 Å². The molecule has 0 saturated heterocycles. The van der Waals surface area contributed by atoms with Gasteiger partial charge in [-0.3, -0.25) is 0 Å². The van der Waals surface area contributed by atoms with Crippen LogP contribution < -0.4 is 4.90 Å². The number of nitrogens with zero attached hydrogens (tertiary/aromatic N) is 4. The van der Waals surface area contributed by atoms with Crippen LogP contribution in [-0.2, 0) is 0 Å². The Morgan fingerprint density at radius 1 is 0.259 bits per heavy atom. The van der Waals surface area contributed by atoms with E-state index in [0.29, 0.717) is 0 Å². The van der Waals surface area contributed by atoms with E-state index in [-0.39, 0.29) is 0 Å². The molecule has 58 heavy (non-hydrogen) atoms. The molecule has 0 amide bonds. The minimum Gasteiger partial charge on any atom is -0.310 e. The summed E-state index contributed by atoms with van der Waals surface area (Å²) < 4.78 is 7.30. The van der Waals surface area contributed by atoms with Gasteiger partial charge in [-0.25, -0.2) is 0 Å². The highest BCUT2D eigenvalue weighted by atomic mass is 15.1. The molecule has 0 fully saturated rings. The fraction of sp³-hybridized carbons (Fsp3) is 0. The van der Waals surface area contributed by atoms with Crippen LogP contribution in [0.3, 0.4) is 0 Å². The van der Waals surface area contributed by atoms with Crippen LogP contribution in [0.15, 0.2) is 218 Å².